The van der Waals surface area contributed by atoms with E-state index in [9.17, 15) is 5.11 Å². The molecule has 2 heterocycles. The predicted octanol–water partition coefficient (Wildman–Crippen LogP) is 3.19. The zero-order chi connectivity index (χ0) is 13.6. The normalized spacial score (nSPS) is 21.2. The second-order valence-corrected chi connectivity index (χ2v) is 6.30. The van der Waals surface area contributed by atoms with Gasteiger partial charge in [0.15, 0.2) is 0 Å². The van der Waals surface area contributed by atoms with Gasteiger partial charge in [-0.1, -0.05) is 13.8 Å². The third kappa shape index (κ3) is 2.19. The van der Waals surface area contributed by atoms with Crippen molar-refractivity contribution in [3.8, 4) is 5.69 Å². The Morgan fingerprint density at radius 1 is 1.37 bits per heavy atom. The van der Waals surface area contributed by atoms with Gasteiger partial charge in [-0.2, -0.15) is 0 Å². The molecule has 3 rings (SSSR count). The molecule has 2 aromatic rings. The summed E-state index contributed by atoms with van der Waals surface area (Å²) < 4.78 is 2.19. The van der Waals surface area contributed by atoms with E-state index in [0.717, 1.165) is 29.8 Å². The van der Waals surface area contributed by atoms with Crippen molar-refractivity contribution in [3.63, 3.8) is 0 Å². The Kier molecular flexibility index (Phi) is 2.75. The van der Waals surface area contributed by atoms with Gasteiger partial charge >= 0.3 is 0 Å². The zero-order valence-electron chi connectivity index (χ0n) is 11.7. The first-order chi connectivity index (χ1) is 8.96. The highest BCUT2D eigenvalue weighted by Gasteiger charge is 2.33. The molecule has 0 amide bonds. The summed E-state index contributed by atoms with van der Waals surface area (Å²) in [5, 5.41) is 10.3. The van der Waals surface area contributed by atoms with Crippen molar-refractivity contribution >= 4 is 0 Å². The lowest BCUT2D eigenvalue weighted by molar-refractivity contribution is 0.0987. The van der Waals surface area contributed by atoms with E-state index in [1.165, 1.54) is 5.69 Å². The third-order valence-corrected chi connectivity index (χ3v) is 3.94. The van der Waals surface area contributed by atoms with Crippen LogP contribution in [0.25, 0.3) is 5.69 Å². The fraction of sp³-hybridized carbons (Fsp3) is 0.438. The van der Waals surface area contributed by atoms with Gasteiger partial charge in [0.05, 0.1) is 6.10 Å². The van der Waals surface area contributed by atoms with Gasteiger partial charge in [-0.05, 0) is 43.4 Å². The largest absolute Gasteiger partial charge is 0.388 e. The monoisotopic (exact) mass is 256 g/mol. The first-order valence-electron chi connectivity index (χ1n) is 6.77. The summed E-state index contributed by atoms with van der Waals surface area (Å²) in [6.45, 7) is 6.43. The van der Waals surface area contributed by atoms with Crippen molar-refractivity contribution in [2.45, 2.75) is 39.7 Å². The van der Waals surface area contributed by atoms with E-state index in [1.54, 1.807) is 0 Å². The molecule has 2 aromatic heterocycles. The fourth-order valence-electron chi connectivity index (χ4n) is 3.05. The van der Waals surface area contributed by atoms with Crippen LogP contribution in [0.4, 0.5) is 0 Å². The van der Waals surface area contributed by atoms with E-state index < -0.39 is 0 Å². The molecule has 0 aromatic carbocycles. The minimum Gasteiger partial charge on any atom is -0.388 e. The zero-order valence-corrected chi connectivity index (χ0v) is 11.7. The molecular formula is C16H20N2O. The lowest BCUT2D eigenvalue weighted by Gasteiger charge is -2.33. The summed E-state index contributed by atoms with van der Waals surface area (Å²) in [6.07, 6.45) is 5.38. The number of aromatic nitrogens is 2. The van der Waals surface area contributed by atoms with Crippen LogP contribution in [0.1, 0.15) is 43.3 Å². The summed E-state index contributed by atoms with van der Waals surface area (Å²) in [5.74, 6) is 0. The van der Waals surface area contributed by atoms with Gasteiger partial charge in [0.1, 0.15) is 0 Å². The predicted molar refractivity (Wildman–Crippen MR) is 75.4 cm³/mol. The highest BCUT2D eigenvalue weighted by molar-refractivity contribution is 5.40. The molecule has 1 unspecified atom stereocenters. The van der Waals surface area contributed by atoms with E-state index in [0.29, 0.717) is 0 Å². The molecule has 1 aliphatic carbocycles. The van der Waals surface area contributed by atoms with Crippen LogP contribution in [0.3, 0.4) is 0 Å². The van der Waals surface area contributed by atoms with Crippen molar-refractivity contribution in [2.24, 2.45) is 5.41 Å². The molecule has 0 fully saturated rings. The molecule has 1 N–H and O–H groups in total. The van der Waals surface area contributed by atoms with E-state index in [2.05, 4.69) is 35.7 Å². The number of pyridine rings is 1. The Bertz CT molecular complexity index is 613. The molecule has 3 heteroatoms. The van der Waals surface area contributed by atoms with Crippen LogP contribution in [-0.2, 0) is 6.42 Å². The van der Waals surface area contributed by atoms with Crippen LogP contribution < -0.4 is 0 Å². The SMILES string of the molecule is Cc1cc(-n2ccc3c2CC(C)(C)CC3O)ccn1. The van der Waals surface area contributed by atoms with Crippen molar-refractivity contribution < 1.29 is 5.11 Å². The van der Waals surface area contributed by atoms with Crippen LogP contribution in [0.15, 0.2) is 30.6 Å². The molecule has 1 aliphatic rings. The van der Waals surface area contributed by atoms with Gasteiger partial charge < -0.3 is 9.67 Å². The molecule has 0 spiro atoms. The maximum absolute atomic E-state index is 10.3. The standard InChI is InChI=1S/C16H20N2O/c1-11-8-12(4-6-17-11)18-7-5-13-14(18)9-16(2,3)10-15(13)19/h4-8,15,19H,9-10H2,1-3H3. The fourth-order valence-corrected chi connectivity index (χ4v) is 3.05. The lowest BCUT2D eigenvalue weighted by atomic mass is 9.75. The highest BCUT2D eigenvalue weighted by atomic mass is 16.3. The van der Waals surface area contributed by atoms with E-state index in [1.807, 2.05) is 25.3 Å². The highest BCUT2D eigenvalue weighted by Crippen LogP contribution is 2.41. The van der Waals surface area contributed by atoms with E-state index in [-0.39, 0.29) is 11.5 Å². The molecule has 0 radical (unpaired) electrons. The molecule has 0 saturated heterocycles. The molecule has 3 nitrogen and oxygen atoms in total. The van der Waals surface area contributed by atoms with Crippen molar-refractivity contribution in [3.05, 3.63) is 47.5 Å². The molecule has 0 aliphatic heterocycles. The van der Waals surface area contributed by atoms with Gasteiger partial charge in [-0.3, -0.25) is 4.98 Å². The van der Waals surface area contributed by atoms with Crippen molar-refractivity contribution in [1.82, 2.24) is 9.55 Å². The summed E-state index contributed by atoms with van der Waals surface area (Å²) in [7, 11) is 0. The number of aryl methyl sites for hydroxylation is 1. The van der Waals surface area contributed by atoms with Gasteiger partial charge in [-0.15, -0.1) is 0 Å². The molecule has 0 bridgehead atoms. The number of aliphatic hydroxyl groups excluding tert-OH is 1. The Morgan fingerprint density at radius 2 is 2.16 bits per heavy atom. The summed E-state index contributed by atoms with van der Waals surface area (Å²) in [4.78, 5) is 4.24. The van der Waals surface area contributed by atoms with Crippen molar-refractivity contribution in [2.75, 3.05) is 0 Å². The summed E-state index contributed by atoms with van der Waals surface area (Å²) in [5.41, 5.74) is 4.59. The summed E-state index contributed by atoms with van der Waals surface area (Å²) in [6, 6.07) is 6.14. The topological polar surface area (TPSA) is 38.0 Å². The van der Waals surface area contributed by atoms with Crippen LogP contribution in [0.2, 0.25) is 0 Å². The maximum Gasteiger partial charge on any atom is 0.0812 e. The van der Waals surface area contributed by atoms with Crippen molar-refractivity contribution in [1.29, 1.82) is 0 Å². The number of rotatable bonds is 1. The molecule has 1 atom stereocenters. The van der Waals surface area contributed by atoms with Gasteiger partial charge in [0, 0.05) is 35.0 Å². The number of aliphatic hydroxyl groups is 1. The summed E-state index contributed by atoms with van der Waals surface area (Å²) >= 11 is 0. The average molecular weight is 256 g/mol. The minimum atomic E-state index is -0.345. The lowest BCUT2D eigenvalue weighted by Crippen LogP contribution is -2.26. The maximum atomic E-state index is 10.3. The van der Waals surface area contributed by atoms with Crippen LogP contribution in [0.5, 0.6) is 0 Å². The number of fused-ring (bicyclic) bond motifs is 1. The van der Waals surface area contributed by atoms with Gasteiger partial charge in [0.25, 0.3) is 0 Å². The molecule has 100 valence electrons. The minimum absolute atomic E-state index is 0.143. The second-order valence-electron chi connectivity index (χ2n) is 6.30. The second kappa shape index (κ2) is 4.20. The third-order valence-electron chi connectivity index (χ3n) is 3.94. The smallest absolute Gasteiger partial charge is 0.0812 e. The molecule has 19 heavy (non-hydrogen) atoms. The van der Waals surface area contributed by atoms with Crippen LogP contribution >= 0.6 is 0 Å². The molecular weight excluding hydrogens is 236 g/mol. The van der Waals surface area contributed by atoms with Gasteiger partial charge in [0.2, 0.25) is 0 Å². The quantitative estimate of drug-likeness (QED) is 0.851. The Morgan fingerprint density at radius 3 is 2.89 bits per heavy atom. The Hall–Kier alpha value is -1.61. The Balaban J connectivity index is 2.11. The van der Waals surface area contributed by atoms with Gasteiger partial charge in [-0.25, -0.2) is 0 Å². The Labute approximate surface area is 113 Å². The molecule has 0 saturated carbocycles. The number of nitrogens with zero attached hydrogens (tertiary/aromatic N) is 2. The van der Waals surface area contributed by atoms with Crippen LogP contribution in [-0.4, -0.2) is 14.7 Å². The van der Waals surface area contributed by atoms with E-state index >= 15 is 0 Å². The number of hydrogen-bond acceptors (Lipinski definition) is 2. The first kappa shape index (κ1) is 12.4. The van der Waals surface area contributed by atoms with Crippen LogP contribution in [0, 0.1) is 12.3 Å². The first-order valence-corrected chi connectivity index (χ1v) is 6.77. The van der Waals surface area contributed by atoms with E-state index in [4.69, 9.17) is 0 Å². The average Bonchev–Trinajstić information content (AvgIpc) is 2.71. The number of hydrogen-bond donors (Lipinski definition) is 1.